The van der Waals surface area contributed by atoms with Crippen molar-refractivity contribution in [2.45, 2.75) is 126 Å². The standard InChI is InChI=1S/C63H78N14O9/c1-38-32-86-74-50(38)48(40-13-14-40)51(72-54(78)46-17-23-67-75(46)3)56(80)70-44-11-6-9-42(27-44)62(21-25-84-35-62)58(82)64-33-60(2)29-39(30-60)31-61(19-8-20-61)34-65-59(83)63(22-26-85-36-63)43-10-7-12-45(28-43)71-57(81)52(73-55(79)47-18-24-68-76(47)4)49(41-15-16-41)53-66-37-69-77(53)5/h6-7,9-12,17-18,23-24,27-28,32,37,39-41,48-49,51-52H,8,13-16,19-22,25-26,29-31,33-36H2,1-5H3,(H,64,82)(H,65,83)(H,70,80)(H,71,81)(H,72,78)(H,73,79)/t39?,48?,49?,51-,52-,60?,62?,63?/m0/s1. The quantitative estimate of drug-likeness (QED) is 0.0426. The zero-order valence-electron chi connectivity index (χ0n) is 49.6. The number of benzene rings is 2. The molecule has 23 nitrogen and oxygen atoms in total. The van der Waals surface area contributed by atoms with Gasteiger partial charge in [-0.3, -0.25) is 42.8 Å². The van der Waals surface area contributed by atoms with Gasteiger partial charge in [0.25, 0.3) is 11.8 Å². The summed E-state index contributed by atoms with van der Waals surface area (Å²) in [5.41, 5.74) is 2.40. The van der Waals surface area contributed by atoms with E-state index in [4.69, 9.17) is 14.0 Å². The van der Waals surface area contributed by atoms with Crippen molar-refractivity contribution in [1.29, 1.82) is 0 Å². The molecule has 23 heteroatoms. The minimum absolute atomic E-state index is 0.0402. The lowest BCUT2D eigenvalue weighted by Gasteiger charge is -2.52. The maximum absolute atomic E-state index is 14.7. The molecule has 4 unspecified atom stereocenters. The Morgan fingerprint density at radius 1 is 0.663 bits per heavy atom. The molecule has 4 aliphatic carbocycles. The molecule has 2 aliphatic heterocycles. The van der Waals surface area contributed by atoms with E-state index in [1.54, 1.807) is 56.4 Å². The lowest BCUT2D eigenvalue weighted by Crippen LogP contribution is -2.53. The average molecular weight is 1180 g/mol. The lowest BCUT2D eigenvalue weighted by atomic mass is 9.55. The molecule has 6 amide bonds. The van der Waals surface area contributed by atoms with E-state index in [0.29, 0.717) is 79.3 Å². The molecule has 2 saturated heterocycles. The second kappa shape index (κ2) is 23.7. The summed E-state index contributed by atoms with van der Waals surface area (Å²) in [4.78, 5) is 90.2. The normalized spacial score (nSPS) is 24.5. The summed E-state index contributed by atoms with van der Waals surface area (Å²) in [6, 6.07) is 16.0. The van der Waals surface area contributed by atoms with Gasteiger partial charge in [-0.2, -0.15) is 15.3 Å². The lowest BCUT2D eigenvalue weighted by molar-refractivity contribution is -0.128. The van der Waals surface area contributed by atoms with E-state index in [2.05, 4.69) is 64.3 Å². The molecule has 0 radical (unpaired) electrons. The Bertz CT molecular complexity index is 3500. The number of hydrogen-bond acceptors (Lipinski definition) is 14. The van der Waals surface area contributed by atoms with Crippen molar-refractivity contribution in [1.82, 2.24) is 60.7 Å². The number of aromatic nitrogens is 8. The maximum atomic E-state index is 14.7. The number of hydrogen-bond donors (Lipinski definition) is 6. The second-order valence-electron chi connectivity index (χ2n) is 25.9. The van der Waals surface area contributed by atoms with Crippen LogP contribution in [0.1, 0.15) is 145 Å². The van der Waals surface area contributed by atoms with E-state index < -0.39 is 58.4 Å². The summed E-state index contributed by atoms with van der Waals surface area (Å²) >= 11 is 0. The first-order chi connectivity index (χ1) is 41.5. The van der Waals surface area contributed by atoms with Crippen LogP contribution in [0.3, 0.4) is 0 Å². The van der Waals surface area contributed by atoms with Crippen LogP contribution in [-0.4, -0.2) is 127 Å². The zero-order valence-corrected chi connectivity index (χ0v) is 49.6. The number of amides is 6. The Kier molecular flexibility index (Phi) is 16.1. The first kappa shape index (κ1) is 58.3. The van der Waals surface area contributed by atoms with Crippen LogP contribution < -0.4 is 31.9 Å². The topological polar surface area (TPSA) is 285 Å². The highest BCUT2D eigenvalue weighted by atomic mass is 16.5. The zero-order chi connectivity index (χ0) is 60.0. The molecule has 2 aromatic carbocycles. The largest absolute Gasteiger partial charge is 0.380 e. The summed E-state index contributed by atoms with van der Waals surface area (Å²) in [6.45, 7) is 6.37. The van der Waals surface area contributed by atoms with Crippen molar-refractivity contribution in [2.24, 2.45) is 49.7 Å². The number of carbonyl (C=O) groups excluding carboxylic acids is 6. The first-order valence-electron chi connectivity index (χ1n) is 30.3. The van der Waals surface area contributed by atoms with Crippen LogP contribution in [0.2, 0.25) is 0 Å². The van der Waals surface area contributed by atoms with Gasteiger partial charge in [-0.15, -0.1) is 0 Å². The highest BCUT2D eigenvalue weighted by molar-refractivity contribution is 6.02. The second-order valence-corrected chi connectivity index (χ2v) is 25.9. The molecule has 6 atom stereocenters. The fraction of sp³-hybridized carbons (Fsp3) is 0.540. The van der Waals surface area contributed by atoms with Crippen molar-refractivity contribution in [3.63, 3.8) is 0 Å². The van der Waals surface area contributed by atoms with Crippen LogP contribution in [0.4, 0.5) is 11.4 Å². The predicted octanol–water partition coefficient (Wildman–Crippen LogP) is 5.67. The van der Waals surface area contributed by atoms with E-state index in [-0.39, 0.29) is 47.7 Å². The molecular formula is C63H78N14O9. The average Bonchev–Trinajstić information content (AvgIpc) is 2.05. The number of anilines is 2. The van der Waals surface area contributed by atoms with Gasteiger partial charge in [0.2, 0.25) is 23.6 Å². The number of aryl methyl sites for hydroxylation is 4. The fourth-order valence-corrected chi connectivity index (χ4v) is 14.4. The van der Waals surface area contributed by atoms with Gasteiger partial charge in [0.15, 0.2) is 0 Å². The van der Waals surface area contributed by atoms with Crippen LogP contribution in [0, 0.1) is 35.5 Å². The van der Waals surface area contributed by atoms with Gasteiger partial charge in [-0.25, -0.2) is 4.98 Å². The Labute approximate surface area is 499 Å². The summed E-state index contributed by atoms with van der Waals surface area (Å²) < 4.78 is 21.9. The Hall–Kier alpha value is -8.05. The third-order valence-corrected chi connectivity index (χ3v) is 19.6. The summed E-state index contributed by atoms with van der Waals surface area (Å²) in [5, 5.41) is 35.8. The van der Waals surface area contributed by atoms with Gasteiger partial charge in [0.1, 0.15) is 41.9 Å². The minimum Gasteiger partial charge on any atom is -0.380 e. The van der Waals surface area contributed by atoms with Gasteiger partial charge in [0, 0.05) is 82.7 Å². The Balaban J connectivity index is 0.669. The van der Waals surface area contributed by atoms with Crippen molar-refractivity contribution in [3.05, 3.63) is 125 Å². The molecule has 6 aliphatic rings. The molecule has 6 aromatic rings. The van der Waals surface area contributed by atoms with E-state index >= 15 is 0 Å². The third kappa shape index (κ3) is 11.7. The van der Waals surface area contributed by atoms with Crippen LogP contribution in [0.15, 0.2) is 90.2 Å². The molecule has 12 rings (SSSR count). The van der Waals surface area contributed by atoms with Crippen LogP contribution in [0.25, 0.3) is 0 Å². The third-order valence-electron chi connectivity index (χ3n) is 19.6. The van der Waals surface area contributed by atoms with Gasteiger partial charge >= 0.3 is 0 Å². The van der Waals surface area contributed by atoms with E-state index in [0.717, 1.165) is 80.9 Å². The van der Waals surface area contributed by atoms with Crippen molar-refractivity contribution in [3.8, 4) is 0 Å². The Morgan fingerprint density at radius 2 is 1.20 bits per heavy atom. The smallest absolute Gasteiger partial charge is 0.270 e. The predicted molar refractivity (Wildman–Crippen MR) is 314 cm³/mol. The molecule has 0 bridgehead atoms. The molecule has 6 fully saturated rings. The van der Waals surface area contributed by atoms with Gasteiger partial charge in [0.05, 0.1) is 35.7 Å². The van der Waals surface area contributed by atoms with E-state index in [1.165, 1.54) is 28.1 Å². The summed E-state index contributed by atoms with van der Waals surface area (Å²) in [5.74, 6) is -1.51. The van der Waals surface area contributed by atoms with E-state index in [1.807, 2.05) is 43.3 Å². The highest BCUT2D eigenvalue weighted by Gasteiger charge is 2.52. The van der Waals surface area contributed by atoms with Crippen LogP contribution in [0.5, 0.6) is 0 Å². The number of nitrogens with zero attached hydrogens (tertiary/aromatic N) is 8. The number of ether oxygens (including phenoxy) is 2. The SMILES string of the molecule is Cc1conc1C(C1CC1)[C@H](NC(=O)c1ccnn1C)C(=O)Nc1cccc(C2(C(=O)NCC3(C)CC(CC4(CNC(=O)C5(c6cccc(NC(=O)[C@@H](NC(=O)c7ccnn7C)C(c7ncnn7C)C7CC7)c6)CCOC5)CCC4)C3)CCOC2)c1. The Morgan fingerprint density at radius 3 is 1.64 bits per heavy atom. The monoisotopic (exact) mass is 1170 g/mol. The number of nitrogens with one attached hydrogen (secondary N) is 6. The minimum atomic E-state index is -0.989. The summed E-state index contributed by atoms with van der Waals surface area (Å²) in [6.07, 6.45) is 16.5. The van der Waals surface area contributed by atoms with Crippen molar-refractivity contribution < 1.29 is 42.8 Å². The maximum Gasteiger partial charge on any atom is 0.270 e. The van der Waals surface area contributed by atoms with Crippen LogP contribution >= 0.6 is 0 Å². The molecule has 4 saturated carbocycles. The van der Waals surface area contributed by atoms with Crippen molar-refractivity contribution in [2.75, 3.05) is 50.2 Å². The first-order valence-corrected chi connectivity index (χ1v) is 30.3. The number of carbonyl (C=O) groups is 6. The van der Waals surface area contributed by atoms with Gasteiger partial charge < -0.3 is 45.9 Å². The summed E-state index contributed by atoms with van der Waals surface area (Å²) in [7, 11) is 5.13. The molecule has 6 heterocycles. The fourth-order valence-electron chi connectivity index (χ4n) is 14.4. The molecule has 86 heavy (non-hydrogen) atoms. The highest BCUT2D eigenvalue weighted by Crippen LogP contribution is 2.55. The van der Waals surface area contributed by atoms with Crippen LogP contribution in [-0.2, 0) is 60.6 Å². The number of rotatable bonds is 24. The molecular weight excluding hydrogens is 1100 g/mol. The van der Waals surface area contributed by atoms with Gasteiger partial charge in [-0.05, 0) is 154 Å². The van der Waals surface area contributed by atoms with Gasteiger partial charge in [-0.1, -0.05) is 42.8 Å². The molecule has 454 valence electrons. The van der Waals surface area contributed by atoms with Crippen molar-refractivity contribution >= 4 is 46.8 Å². The molecule has 6 N–H and O–H groups in total. The van der Waals surface area contributed by atoms with E-state index in [9.17, 15) is 28.8 Å². The molecule has 4 aromatic heterocycles. The molecule has 0 spiro atoms.